The first-order chi connectivity index (χ1) is 24.3. The number of benzene rings is 2. The minimum atomic E-state index is -1.13. The molecule has 0 bridgehead atoms. The van der Waals surface area contributed by atoms with Gasteiger partial charge in [0.2, 0.25) is 17.7 Å². The van der Waals surface area contributed by atoms with Crippen LogP contribution in [0.4, 0.5) is 0 Å². The van der Waals surface area contributed by atoms with Crippen LogP contribution in [-0.2, 0) is 19.2 Å². The van der Waals surface area contributed by atoms with Gasteiger partial charge in [-0.15, -0.1) is 0 Å². The van der Waals surface area contributed by atoms with Gasteiger partial charge in [-0.2, -0.15) is 0 Å². The number of carboxylic acid groups (broad SMARTS) is 1. The lowest BCUT2D eigenvalue weighted by molar-refractivity contribution is -0.166. The summed E-state index contributed by atoms with van der Waals surface area (Å²) >= 11 is 0. The van der Waals surface area contributed by atoms with Crippen LogP contribution >= 0.6 is 0 Å². The monoisotopic (exact) mass is 717 g/mol. The number of hydrogen-bond acceptors (Lipinski definition) is 11. The number of carboxylic acids is 1. The van der Waals surface area contributed by atoms with Crippen LogP contribution in [0.25, 0.3) is 0 Å². The number of nitrogens with one attached hydrogen (secondary N) is 3. The van der Waals surface area contributed by atoms with Gasteiger partial charge in [-0.3, -0.25) is 34.0 Å². The molecule has 0 spiro atoms. The molecule has 280 valence electrons. The number of rotatable bonds is 23. The van der Waals surface area contributed by atoms with E-state index in [0.717, 1.165) is 0 Å². The van der Waals surface area contributed by atoms with E-state index in [2.05, 4.69) is 16.0 Å². The Labute approximate surface area is 294 Å². The zero-order chi connectivity index (χ0) is 37.8. The Hall–Kier alpha value is -5.58. The number of carbonyl (C=O) groups is 6. The lowest BCUT2D eigenvalue weighted by Crippen LogP contribution is -2.36. The van der Waals surface area contributed by atoms with Crippen molar-refractivity contribution in [2.75, 3.05) is 39.3 Å². The number of phenolic OH excluding ortho intramolecular Hbond substituents is 4. The molecule has 17 heteroatoms. The van der Waals surface area contributed by atoms with Crippen LogP contribution in [-0.4, -0.2) is 115 Å². The van der Waals surface area contributed by atoms with Gasteiger partial charge < -0.3 is 46.4 Å². The first kappa shape index (κ1) is 41.6. The first-order valence-corrected chi connectivity index (χ1v) is 16.7. The van der Waals surface area contributed by atoms with Gasteiger partial charge in [-0.1, -0.05) is 12.1 Å². The fraction of sp³-hybridized carbons (Fsp3) is 0.471. The Bertz CT molecular complexity index is 1500. The summed E-state index contributed by atoms with van der Waals surface area (Å²) in [6.07, 6.45) is 2.02. The van der Waals surface area contributed by atoms with E-state index >= 15 is 0 Å². The van der Waals surface area contributed by atoms with Crippen molar-refractivity contribution < 1.29 is 59.5 Å². The molecule has 0 aliphatic rings. The zero-order valence-corrected chi connectivity index (χ0v) is 28.3. The Morgan fingerprint density at radius 3 is 1.63 bits per heavy atom. The van der Waals surface area contributed by atoms with Crippen LogP contribution < -0.4 is 16.0 Å². The Kier molecular flexibility index (Phi) is 18.1. The van der Waals surface area contributed by atoms with Gasteiger partial charge in [-0.25, -0.2) is 5.06 Å². The number of hydroxylamine groups is 2. The summed E-state index contributed by atoms with van der Waals surface area (Å²) in [7, 11) is 0. The van der Waals surface area contributed by atoms with Gasteiger partial charge in [0.15, 0.2) is 23.0 Å². The fourth-order valence-corrected chi connectivity index (χ4v) is 4.81. The molecule has 0 aliphatic carbocycles. The molecule has 9 N–H and O–H groups in total. The highest BCUT2D eigenvalue weighted by molar-refractivity contribution is 5.98. The second kappa shape index (κ2) is 22.2. The predicted octanol–water partition coefficient (Wildman–Crippen LogP) is 1.82. The summed E-state index contributed by atoms with van der Waals surface area (Å²) in [5, 5.41) is 65.9. The quantitative estimate of drug-likeness (QED) is 0.0345. The Morgan fingerprint density at radius 2 is 1.04 bits per heavy atom. The number of carbonyl (C=O) groups excluding carboxylic acids is 5. The maximum Gasteiger partial charge on any atom is 0.303 e. The maximum atomic E-state index is 13.1. The molecule has 0 radical (unpaired) electrons. The molecule has 2 aromatic carbocycles. The highest BCUT2D eigenvalue weighted by Gasteiger charge is 2.18. The molecule has 0 aliphatic heterocycles. The standard InChI is InChI=1S/C34H47N5O12/c40-25-11-6-9-23(31(25)47)33(49)36-18-3-5-20-38(21-8-19-37-34(50)24-10-7-12-26(41)32(24)48)28(43)14-13-27(42)35-17-2-1-4-22-39(51)29(44)15-16-30(45)46/h6-7,9-12,40-41,47-48,51H,1-5,8,13-22H2,(H,35,42)(H,36,49)(H,37,50)(H,45,46). The van der Waals surface area contributed by atoms with Crippen LogP contribution in [0.5, 0.6) is 23.0 Å². The lowest BCUT2D eigenvalue weighted by Gasteiger charge is -2.23. The average molecular weight is 718 g/mol. The molecule has 17 nitrogen and oxygen atoms in total. The van der Waals surface area contributed by atoms with E-state index in [-0.39, 0.29) is 81.3 Å². The third-order valence-electron chi connectivity index (χ3n) is 7.68. The van der Waals surface area contributed by atoms with Crippen molar-refractivity contribution >= 4 is 35.5 Å². The number of unbranched alkanes of at least 4 members (excludes halogenated alkanes) is 3. The molecule has 51 heavy (non-hydrogen) atoms. The van der Waals surface area contributed by atoms with Crippen LogP contribution in [0, 0.1) is 0 Å². The second-order valence-electron chi connectivity index (χ2n) is 11.6. The smallest absolute Gasteiger partial charge is 0.303 e. The molecule has 0 saturated heterocycles. The largest absolute Gasteiger partial charge is 0.504 e. The third-order valence-corrected chi connectivity index (χ3v) is 7.68. The maximum absolute atomic E-state index is 13.1. The van der Waals surface area contributed by atoms with Gasteiger partial charge in [0, 0.05) is 58.5 Å². The Morgan fingerprint density at radius 1 is 0.549 bits per heavy atom. The van der Waals surface area contributed by atoms with Crippen molar-refractivity contribution in [2.24, 2.45) is 0 Å². The number of nitrogens with zero attached hydrogens (tertiary/aromatic N) is 2. The highest BCUT2D eigenvalue weighted by Crippen LogP contribution is 2.28. The summed E-state index contributed by atoms with van der Waals surface area (Å²) in [6, 6.07) is 8.05. The normalized spacial score (nSPS) is 10.6. The van der Waals surface area contributed by atoms with E-state index in [9.17, 15) is 54.4 Å². The summed E-state index contributed by atoms with van der Waals surface area (Å²) in [4.78, 5) is 74.1. The van der Waals surface area contributed by atoms with Gasteiger partial charge in [0.1, 0.15) is 0 Å². The number of aromatic hydroxyl groups is 4. The van der Waals surface area contributed by atoms with Gasteiger partial charge in [0.25, 0.3) is 11.8 Å². The minimum absolute atomic E-state index is 0.0340. The molecule has 0 unspecified atom stereocenters. The van der Waals surface area contributed by atoms with Crippen molar-refractivity contribution in [1.82, 2.24) is 25.9 Å². The SMILES string of the molecule is O=C(O)CCC(=O)N(O)CCCCCNC(=O)CCC(=O)N(CCCCNC(=O)c1cccc(O)c1O)CCCNC(=O)c1cccc(O)c1O. The van der Waals surface area contributed by atoms with Crippen molar-refractivity contribution in [2.45, 2.75) is 64.2 Å². The van der Waals surface area contributed by atoms with E-state index in [1.165, 1.54) is 36.4 Å². The van der Waals surface area contributed by atoms with E-state index < -0.39 is 46.7 Å². The Balaban J connectivity index is 1.79. The van der Waals surface area contributed by atoms with Gasteiger partial charge in [-0.05, 0) is 62.8 Å². The van der Waals surface area contributed by atoms with E-state index in [0.29, 0.717) is 50.1 Å². The van der Waals surface area contributed by atoms with Crippen LogP contribution in [0.2, 0.25) is 0 Å². The van der Waals surface area contributed by atoms with E-state index in [1.807, 2.05) is 0 Å². The molecule has 2 aromatic rings. The lowest BCUT2D eigenvalue weighted by atomic mass is 10.1. The van der Waals surface area contributed by atoms with Crippen LogP contribution in [0.1, 0.15) is 84.9 Å². The third kappa shape index (κ3) is 15.2. The molecule has 0 heterocycles. The zero-order valence-electron chi connectivity index (χ0n) is 28.3. The number of amides is 5. The topological polar surface area (TPSA) is 266 Å². The minimum Gasteiger partial charge on any atom is -0.504 e. The highest BCUT2D eigenvalue weighted by atomic mass is 16.5. The fourth-order valence-electron chi connectivity index (χ4n) is 4.81. The summed E-state index contributed by atoms with van der Waals surface area (Å²) in [5.74, 6) is -5.56. The van der Waals surface area contributed by atoms with E-state index in [4.69, 9.17) is 5.11 Å². The molecule has 2 rings (SSSR count). The molecule has 5 amide bonds. The molecular weight excluding hydrogens is 670 g/mol. The number of hydrogen-bond donors (Lipinski definition) is 9. The molecular formula is C34H47N5O12. The summed E-state index contributed by atoms with van der Waals surface area (Å²) in [5.41, 5.74) is -0.183. The van der Waals surface area contributed by atoms with Crippen LogP contribution in [0.15, 0.2) is 36.4 Å². The van der Waals surface area contributed by atoms with Crippen molar-refractivity contribution in [3.63, 3.8) is 0 Å². The molecule has 0 atom stereocenters. The number of para-hydroxylation sites is 2. The number of aliphatic carboxylic acids is 1. The van der Waals surface area contributed by atoms with Crippen LogP contribution in [0.3, 0.4) is 0 Å². The van der Waals surface area contributed by atoms with Crippen molar-refractivity contribution in [3.8, 4) is 23.0 Å². The number of phenols is 4. The summed E-state index contributed by atoms with van der Waals surface area (Å²) in [6.45, 7) is 1.24. The average Bonchev–Trinajstić information content (AvgIpc) is 3.10. The predicted molar refractivity (Wildman–Crippen MR) is 181 cm³/mol. The summed E-state index contributed by atoms with van der Waals surface area (Å²) < 4.78 is 0. The van der Waals surface area contributed by atoms with E-state index in [1.54, 1.807) is 4.90 Å². The second-order valence-corrected chi connectivity index (χ2v) is 11.6. The molecule has 0 aromatic heterocycles. The van der Waals surface area contributed by atoms with Crippen molar-refractivity contribution in [1.29, 1.82) is 0 Å². The van der Waals surface area contributed by atoms with Crippen molar-refractivity contribution in [3.05, 3.63) is 47.5 Å². The molecule has 0 saturated carbocycles. The first-order valence-electron chi connectivity index (χ1n) is 16.7. The molecule has 0 fully saturated rings. The van der Waals surface area contributed by atoms with Gasteiger partial charge >= 0.3 is 5.97 Å². The van der Waals surface area contributed by atoms with Gasteiger partial charge in [0.05, 0.1) is 17.5 Å².